The molecular weight excluding hydrogens is 196 g/mol. The van der Waals surface area contributed by atoms with E-state index in [1.807, 2.05) is 6.92 Å². The minimum absolute atomic E-state index is 0.107. The Hall–Kier alpha value is -1.07. The molecule has 84 valence electrons. The molecular formula is C10H16N2O3. The summed E-state index contributed by atoms with van der Waals surface area (Å²) in [5.41, 5.74) is 0.846. The lowest BCUT2D eigenvalue weighted by atomic mass is 10.3. The Morgan fingerprint density at radius 3 is 2.80 bits per heavy atom. The van der Waals surface area contributed by atoms with E-state index in [-0.39, 0.29) is 6.61 Å². The number of hydrogen-bond acceptors (Lipinski definition) is 5. The molecule has 0 aromatic carbocycles. The third-order valence-corrected chi connectivity index (χ3v) is 2.51. The second kappa shape index (κ2) is 4.63. The quantitative estimate of drug-likeness (QED) is 0.783. The highest BCUT2D eigenvalue weighted by Gasteiger charge is 2.18. The lowest BCUT2D eigenvalue weighted by molar-refractivity contribution is 0.120. The average molecular weight is 212 g/mol. The van der Waals surface area contributed by atoms with E-state index in [1.165, 1.54) is 0 Å². The molecule has 1 fully saturated rings. The van der Waals surface area contributed by atoms with Crippen LogP contribution in [0.2, 0.25) is 0 Å². The summed E-state index contributed by atoms with van der Waals surface area (Å²) in [6, 6.07) is 0.652. The molecule has 0 bridgehead atoms. The molecule has 0 amide bonds. The van der Waals surface area contributed by atoms with Crippen molar-refractivity contribution < 1.29 is 14.3 Å². The maximum Gasteiger partial charge on any atom is 0.297 e. The SMILES string of the molecule is Cc1oc(N2CCOCC2)nc1CCO. The van der Waals surface area contributed by atoms with Crippen molar-refractivity contribution in [1.82, 2.24) is 4.98 Å². The third kappa shape index (κ3) is 2.30. The third-order valence-electron chi connectivity index (χ3n) is 2.51. The van der Waals surface area contributed by atoms with Crippen LogP contribution >= 0.6 is 0 Å². The van der Waals surface area contributed by atoms with Gasteiger partial charge in [0.1, 0.15) is 5.76 Å². The number of aryl methyl sites for hydroxylation is 1. The Balaban J connectivity index is 2.10. The highest BCUT2D eigenvalue weighted by atomic mass is 16.5. The summed E-state index contributed by atoms with van der Waals surface area (Å²) in [6.45, 7) is 5.06. The van der Waals surface area contributed by atoms with Crippen molar-refractivity contribution in [3.63, 3.8) is 0 Å². The Labute approximate surface area is 88.7 Å². The van der Waals surface area contributed by atoms with E-state index in [0.717, 1.165) is 37.8 Å². The summed E-state index contributed by atoms with van der Waals surface area (Å²) in [5, 5.41) is 8.85. The zero-order valence-electron chi connectivity index (χ0n) is 8.90. The summed E-state index contributed by atoms with van der Waals surface area (Å²) in [6.07, 6.45) is 0.555. The highest BCUT2D eigenvalue weighted by molar-refractivity contribution is 5.30. The number of ether oxygens (including phenoxy) is 1. The number of aliphatic hydroxyl groups is 1. The van der Waals surface area contributed by atoms with Gasteiger partial charge in [-0.05, 0) is 6.92 Å². The zero-order valence-corrected chi connectivity index (χ0v) is 8.90. The maximum atomic E-state index is 8.85. The standard InChI is InChI=1S/C10H16N2O3/c1-8-9(2-5-13)11-10(15-8)12-3-6-14-7-4-12/h13H,2-7H2,1H3. The highest BCUT2D eigenvalue weighted by Crippen LogP contribution is 2.19. The number of morpholine rings is 1. The molecule has 1 N–H and O–H groups in total. The first-order chi connectivity index (χ1) is 7.31. The van der Waals surface area contributed by atoms with E-state index in [1.54, 1.807) is 0 Å². The lowest BCUT2D eigenvalue weighted by Crippen LogP contribution is -2.36. The average Bonchev–Trinajstić information content (AvgIpc) is 2.63. The molecule has 2 rings (SSSR count). The van der Waals surface area contributed by atoms with Gasteiger partial charge in [-0.1, -0.05) is 0 Å². The molecule has 0 atom stereocenters. The molecule has 0 aliphatic carbocycles. The molecule has 1 aliphatic rings. The van der Waals surface area contributed by atoms with Crippen LogP contribution in [0.15, 0.2) is 4.42 Å². The van der Waals surface area contributed by atoms with Gasteiger partial charge in [0.15, 0.2) is 0 Å². The van der Waals surface area contributed by atoms with E-state index >= 15 is 0 Å². The smallest absolute Gasteiger partial charge is 0.297 e. The van der Waals surface area contributed by atoms with Gasteiger partial charge < -0.3 is 19.2 Å². The predicted octanol–water partition coefficient (Wildman–Crippen LogP) is 0.354. The maximum absolute atomic E-state index is 8.85. The lowest BCUT2D eigenvalue weighted by Gasteiger charge is -2.24. The van der Waals surface area contributed by atoms with Gasteiger partial charge >= 0.3 is 0 Å². The minimum atomic E-state index is 0.107. The molecule has 1 aromatic rings. The van der Waals surface area contributed by atoms with Gasteiger partial charge in [-0.2, -0.15) is 4.98 Å². The van der Waals surface area contributed by atoms with Crippen molar-refractivity contribution in [1.29, 1.82) is 0 Å². The van der Waals surface area contributed by atoms with Gasteiger partial charge in [-0.15, -0.1) is 0 Å². The van der Waals surface area contributed by atoms with Crippen LogP contribution in [0.3, 0.4) is 0 Å². The topological polar surface area (TPSA) is 58.7 Å². The molecule has 0 unspecified atom stereocenters. The van der Waals surface area contributed by atoms with Gasteiger partial charge in [-0.3, -0.25) is 0 Å². The van der Waals surface area contributed by atoms with Gasteiger partial charge in [0, 0.05) is 26.1 Å². The molecule has 0 radical (unpaired) electrons. The van der Waals surface area contributed by atoms with Crippen molar-refractivity contribution in [3.8, 4) is 0 Å². The summed E-state index contributed by atoms with van der Waals surface area (Å²) in [5.74, 6) is 0.797. The van der Waals surface area contributed by atoms with E-state index in [4.69, 9.17) is 14.3 Å². The van der Waals surface area contributed by atoms with E-state index in [0.29, 0.717) is 12.4 Å². The van der Waals surface area contributed by atoms with Crippen LogP contribution in [0.5, 0.6) is 0 Å². The number of nitrogens with zero attached hydrogens (tertiary/aromatic N) is 2. The van der Waals surface area contributed by atoms with Crippen LogP contribution in [0.25, 0.3) is 0 Å². The first-order valence-electron chi connectivity index (χ1n) is 5.21. The largest absolute Gasteiger partial charge is 0.429 e. The fourth-order valence-electron chi connectivity index (χ4n) is 1.64. The number of aliphatic hydroxyl groups excluding tert-OH is 1. The Morgan fingerprint density at radius 2 is 2.13 bits per heavy atom. The van der Waals surface area contributed by atoms with Crippen molar-refractivity contribution >= 4 is 6.01 Å². The predicted molar refractivity (Wildman–Crippen MR) is 55.1 cm³/mol. The molecule has 5 heteroatoms. The van der Waals surface area contributed by atoms with Gasteiger partial charge in [0.2, 0.25) is 0 Å². The van der Waals surface area contributed by atoms with Crippen LogP contribution < -0.4 is 4.90 Å². The van der Waals surface area contributed by atoms with Crippen LogP contribution in [0.4, 0.5) is 6.01 Å². The summed E-state index contributed by atoms with van der Waals surface area (Å²) < 4.78 is 10.8. The number of oxazole rings is 1. The van der Waals surface area contributed by atoms with Crippen LogP contribution in [0.1, 0.15) is 11.5 Å². The first-order valence-corrected chi connectivity index (χ1v) is 5.21. The van der Waals surface area contributed by atoms with Gasteiger partial charge in [0.05, 0.1) is 18.9 Å². The second-order valence-electron chi connectivity index (χ2n) is 3.57. The van der Waals surface area contributed by atoms with E-state index in [2.05, 4.69) is 9.88 Å². The van der Waals surface area contributed by atoms with Crippen LogP contribution in [0, 0.1) is 6.92 Å². The monoisotopic (exact) mass is 212 g/mol. The van der Waals surface area contributed by atoms with E-state index < -0.39 is 0 Å². The Kier molecular flexibility index (Phi) is 3.23. The fourth-order valence-corrected chi connectivity index (χ4v) is 1.64. The van der Waals surface area contributed by atoms with Crippen LogP contribution in [-0.2, 0) is 11.2 Å². The van der Waals surface area contributed by atoms with Gasteiger partial charge in [0.25, 0.3) is 6.01 Å². The summed E-state index contributed by atoms with van der Waals surface area (Å²) in [7, 11) is 0. The molecule has 0 saturated carbocycles. The van der Waals surface area contributed by atoms with Crippen molar-refractivity contribution in [2.45, 2.75) is 13.3 Å². The molecule has 1 aromatic heterocycles. The number of anilines is 1. The summed E-state index contributed by atoms with van der Waals surface area (Å²) in [4.78, 5) is 6.43. The van der Waals surface area contributed by atoms with Gasteiger partial charge in [-0.25, -0.2) is 0 Å². The zero-order chi connectivity index (χ0) is 10.7. The number of aromatic nitrogens is 1. The second-order valence-corrected chi connectivity index (χ2v) is 3.57. The van der Waals surface area contributed by atoms with Crippen LogP contribution in [-0.4, -0.2) is 43.0 Å². The normalized spacial score (nSPS) is 17.1. The van der Waals surface area contributed by atoms with Crippen molar-refractivity contribution in [2.75, 3.05) is 37.8 Å². The van der Waals surface area contributed by atoms with Crippen molar-refractivity contribution in [3.05, 3.63) is 11.5 Å². The Morgan fingerprint density at radius 1 is 1.40 bits per heavy atom. The fraction of sp³-hybridized carbons (Fsp3) is 0.700. The molecule has 5 nitrogen and oxygen atoms in total. The number of hydrogen-bond donors (Lipinski definition) is 1. The number of rotatable bonds is 3. The minimum Gasteiger partial charge on any atom is -0.429 e. The molecule has 1 aliphatic heterocycles. The molecule has 1 saturated heterocycles. The molecule has 15 heavy (non-hydrogen) atoms. The first kappa shape index (κ1) is 10.4. The molecule has 0 spiro atoms. The molecule has 2 heterocycles. The Bertz CT molecular complexity index is 318. The van der Waals surface area contributed by atoms with E-state index in [9.17, 15) is 0 Å². The van der Waals surface area contributed by atoms with Crippen molar-refractivity contribution in [2.24, 2.45) is 0 Å². The summed E-state index contributed by atoms with van der Waals surface area (Å²) >= 11 is 0.